The Morgan fingerprint density at radius 2 is 2.07 bits per heavy atom. The van der Waals surface area contributed by atoms with E-state index < -0.39 is 0 Å². The van der Waals surface area contributed by atoms with Crippen molar-refractivity contribution in [3.8, 4) is 0 Å². The van der Waals surface area contributed by atoms with Crippen molar-refractivity contribution in [2.24, 2.45) is 0 Å². The van der Waals surface area contributed by atoms with Crippen LogP contribution in [0.1, 0.15) is 5.56 Å². The Morgan fingerprint density at radius 3 is 2.73 bits per heavy atom. The van der Waals surface area contributed by atoms with Gasteiger partial charge in [-0.1, -0.05) is 30.3 Å². The fourth-order valence-corrected chi connectivity index (χ4v) is 1.08. The zero-order valence-corrected chi connectivity index (χ0v) is 8.73. The lowest BCUT2D eigenvalue weighted by Crippen LogP contribution is -2.22. The summed E-state index contributed by atoms with van der Waals surface area (Å²) < 4.78 is 4.41. The van der Waals surface area contributed by atoms with E-state index in [1.165, 1.54) is 12.7 Å². The Labute approximate surface area is 89.1 Å². The van der Waals surface area contributed by atoms with Crippen molar-refractivity contribution in [2.75, 3.05) is 20.3 Å². The third-order valence-electron chi connectivity index (χ3n) is 1.88. The molecule has 0 aliphatic carbocycles. The van der Waals surface area contributed by atoms with E-state index in [4.69, 9.17) is 4.84 Å². The topological polar surface area (TPSA) is 47.6 Å². The normalized spacial score (nSPS) is 9.93. The van der Waals surface area contributed by atoms with Crippen molar-refractivity contribution in [3.05, 3.63) is 35.9 Å². The van der Waals surface area contributed by atoms with Crippen LogP contribution in [-0.4, -0.2) is 26.2 Å². The van der Waals surface area contributed by atoms with Gasteiger partial charge in [0.1, 0.15) is 0 Å². The quantitative estimate of drug-likeness (QED) is 0.430. The lowest BCUT2D eigenvalue weighted by Gasteiger charge is -2.04. The second-order valence-electron chi connectivity index (χ2n) is 2.99. The smallest absolute Gasteiger partial charge is 0.333 e. The van der Waals surface area contributed by atoms with Gasteiger partial charge in [0, 0.05) is 6.54 Å². The lowest BCUT2D eigenvalue weighted by molar-refractivity contribution is -0.148. The molecule has 0 saturated heterocycles. The predicted octanol–water partition coefficient (Wildman–Crippen LogP) is 0.923. The molecule has 1 rings (SSSR count). The molecule has 4 nitrogen and oxygen atoms in total. The third-order valence-corrected chi connectivity index (χ3v) is 1.88. The van der Waals surface area contributed by atoms with Crippen molar-refractivity contribution >= 4 is 5.97 Å². The van der Waals surface area contributed by atoms with Crippen LogP contribution in [0, 0.1) is 0 Å². The number of benzene rings is 1. The van der Waals surface area contributed by atoms with Crippen LogP contribution < -0.4 is 5.48 Å². The van der Waals surface area contributed by atoms with Gasteiger partial charge in [-0.15, -0.1) is 0 Å². The molecule has 0 radical (unpaired) electrons. The molecule has 15 heavy (non-hydrogen) atoms. The number of carbonyl (C=O) groups is 1. The van der Waals surface area contributed by atoms with Gasteiger partial charge in [-0.3, -0.25) is 4.84 Å². The summed E-state index contributed by atoms with van der Waals surface area (Å²) in [6.45, 7) is 0.603. The third kappa shape index (κ3) is 5.15. The van der Waals surface area contributed by atoms with Crippen LogP contribution in [0.3, 0.4) is 0 Å². The van der Waals surface area contributed by atoms with Gasteiger partial charge in [0.05, 0.1) is 7.11 Å². The van der Waals surface area contributed by atoms with Gasteiger partial charge in [0.25, 0.3) is 0 Å². The Hall–Kier alpha value is -1.39. The monoisotopic (exact) mass is 209 g/mol. The van der Waals surface area contributed by atoms with E-state index in [1.54, 1.807) is 0 Å². The van der Waals surface area contributed by atoms with Crippen LogP contribution in [0.5, 0.6) is 0 Å². The highest BCUT2D eigenvalue weighted by Gasteiger charge is 1.98. The van der Waals surface area contributed by atoms with Crippen molar-refractivity contribution in [1.29, 1.82) is 0 Å². The summed E-state index contributed by atoms with van der Waals surface area (Å²) in [5.41, 5.74) is 3.93. The zero-order chi connectivity index (χ0) is 10.9. The molecule has 0 saturated carbocycles. The Kier molecular flexibility index (Phi) is 5.43. The van der Waals surface area contributed by atoms with Gasteiger partial charge in [-0.25, -0.2) is 10.3 Å². The maximum atomic E-state index is 10.7. The molecule has 0 spiro atoms. The van der Waals surface area contributed by atoms with E-state index in [9.17, 15) is 4.79 Å². The molecule has 0 amide bonds. The maximum Gasteiger partial charge on any atom is 0.333 e. The molecule has 1 aromatic rings. The van der Waals surface area contributed by atoms with Crippen LogP contribution in [0.15, 0.2) is 30.3 Å². The van der Waals surface area contributed by atoms with Crippen molar-refractivity contribution < 1.29 is 14.4 Å². The van der Waals surface area contributed by atoms with Gasteiger partial charge in [-0.05, 0) is 12.0 Å². The summed E-state index contributed by atoms with van der Waals surface area (Å²) in [5.74, 6) is -0.387. The molecule has 0 aliphatic heterocycles. The largest absolute Gasteiger partial charge is 0.467 e. The molecule has 1 aromatic carbocycles. The summed E-state index contributed by atoms with van der Waals surface area (Å²) in [7, 11) is 1.33. The van der Waals surface area contributed by atoms with Gasteiger partial charge in [0.15, 0.2) is 6.61 Å². The fourth-order valence-electron chi connectivity index (χ4n) is 1.08. The molecule has 82 valence electrons. The highest BCUT2D eigenvalue weighted by molar-refractivity contribution is 5.70. The number of ether oxygens (including phenoxy) is 1. The van der Waals surface area contributed by atoms with Crippen LogP contribution in [0.4, 0.5) is 0 Å². The molecular weight excluding hydrogens is 194 g/mol. The number of esters is 1. The first-order valence-corrected chi connectivity index (χ1v) is 4.78. The Bertz CT molecular complexity index is 287. The molecule has 0 unspecified atom stereocenters. The summed E-state index contributed by atoms with van der Waals surface area (Å²) >= 11 is 0. The molecule has 4 heteroatoms. The second-order valence-corrected chi connectivity index (χ2v) is 2.99. The van der Waals surface area contributed by atoms with E-state index >= 15 is 0 Å². The summed E-state index contributed by atoms with van der Waals surface area (Å²) in [5, 5.41) is 0. The molecule has 0 aromatic heterocycles. The van der Waals surface area contributed by atoms with Crippen molar-refractivity contribution in [3.63, 3.8) is 0 Å². The summed E-state index contributed by atoms with van der Waals surface area (Å²) in [6, 6.07) is 10.0. The minimum absolute atomic E-state index is 0.0642. The van der Waals surface area contributed by atoms with E-state index in [0.29, 0.717) is 6.54 Å². The number of rotatable bonds is 6. The number of nitrogens with one attached hydrogen (secondary N) is 1. The van der Waals surface area contributed by atoms with E-state index in [-0.39, 0.29) is 12.6 Å². The minimum Gasteiger partial charge on any atom is -0.467 e. The van der Waals surface area contributed by atoms with Crippen LogP contribution in [0.2, 0.25) is 0 Å². The highest BCUT2D eigenvalue weighted by Crippen LogP contribution is 1.97. The van der Waals surface area contributed by atoms with Crippen LogP contribution in [-0.2, 0) is 20.8 Å². The number of hydrogen-bond acceptors (Lipinski definition) is 4. The number of hydroxylamine groups is 1. The SMILES string of the molecule is COC(=O)CONCCc1ccccc1. The summed E-state index contributed by atoms with van der Waals surface area (Å²) in [4.78, 5) is 15.5. The first-order valence-electron chi connectivity index (χ1n) is 4.78. The Balaban J connectivity index is 2.05. The standard InChI is InChI=1S/C11H15NO3/c1-14-11(13)9-15-12-8-7-10-5-3-2-4-6-10/h2-6,12H,7-9H2,1H3. The van der Waals surface area contributed by atoms with Crippen molar-refractivity contribution in [2.45, 2.75) is 6.42 Å². The molecule has 0 aliphatic rings. The average Bonchev–Trinajstić information content (AvgIpc) is 2.29. The van der Waals surface area contributed by atoms with Crippen LogP contribution in [0.25, 0.3) is 0 Å². The zero-order valence-electron chi connectivity index (χ0n) is 8.73. The number of hydrogen-bond donors (Lipinski definition) is 1. The predicted molar refractivity (Wildman–Crippen MR) is 56.1 cm³/mol. The molecule has 1 N–H and O–H groups in total. The lowest BCUT2D eigenvalue weighted by atomic mass is 10.2. The minimum atomic E-state index is -0.387. The first kappa shape index (κ1) is 11.7. The van der Waals surface area contributed by atoms with E-state index in [0.717, 1.165) is 6.42 Å². The van der Waals surface area contributed by atoms with Gasteiger partial charge in [0.2, 0.25) is 0 Å². The van der Waals surface area contributed by atoms with Gasteiger partial charge < -0.3 is 4.74 Å². The molecule has 0 heterocycles. The van der Waals surface area contributed by atoms with Crippen molar-refractivity contribution in [1.82, 2.24) is 5.48 Å². The molecular formula is C11H15NO3. The van der Waals surface area contributed by atoms with E-state index in [2.05, 4.69) is 10.2 Å². The first-order chi connectivity index (χ1) is 7.33. The fraction of sp³-hybridized carbons (Fsp3) is 0.364. The molecule has 0 fully saturated rings. The van der Waals surface area contributed by atoms with E-state index in [1.807, 2.05) is 30.3 Å². The summed E-state index contributed by atoms with van der Waals surface area (Å²) in [6.07, 6.45) is 0.863. The molecule has 0 bridgehead atoms. The second kappa shape index (κ2) is 6.98. The number of carbonyl (C=O) groups excluding carboxylic acids is 1. The van der Waals surface area contributed by atoms with Gasteiger partial charge >= 0.3 is 5.97 Å². The van der Waals surface area contributed by atoms with Gasteiger partial charge in [-0.2, -0.15) is 0 Å². The number of methoxy groups -OCH3 is 1. The average molecular weight is 209 g/mol. The highest BCUT2D eigenvalue weighted by atomic mass is 16.7. The maximum absolute atomic E-state index is 10.7. The Morgan fingerprint density at radius 1 is 1.33 bits per heavy atom. The van der Waals surface area contributed by atoms with Crippen LogP contribution >= 0.6 is 0 Å². The molecule has 0 atom stereocenters.